The van der Waals surface area contributed by atoms with Crippen LogP contribution in [0, 0.1) is 11.3 Å². The van der Waals surface area contributed by atoms with E-state index in [2.05, 4.69) is 56.0 Å². The third-order valence-electron chi connectivity index (χ3n) is 4.32. The SMILES string of the molecule is CCCNC(C)c1cnc(N2CCC(C(C)(C)C)C2)s1. The molecule has 114 valence electrons. The molecule has 2 unspecified atom stereocenters. The molecule has 0 spiro atoms. The first-order valence-corrected chi connectivity index (χ1v) is 8.67. The van der Waals surface area contributed by atoms with Gasteiger partial charge in [0.1, 0.15) is 0 Å². The maximum Gasteiger partial charge on any atom is 0.185 e. The van der Waals surface area contributed by atoms with Crippen molar-refractivity contribution in [2.45, 2.75) is 53.5 Å². The van der Waals surface area contributed by atoms with Gasteiger partial charge in [-0.15, -0.1) is 11.3 Å². The third-order valence-corrected chi connectivity index (χ3v) is 5.56. The molecule has 1 saturated heterocycles. The molecule has 1 aromatic rings. The molecule has 0 aliphatic carbocycles. The van der Waals surface area contributed by atoms with Gasteiger partial charge < -0.3 is 10.2 Å². The van der Waals surface area contributed by atoms with E-state index in [1.54, 1.807) is 0 Å². The first-order chi connectivity index (χ1) is 9.41. The van der Waals surface area contributed by atoms with Gasteiger partial charge in [-0.3, -0.25) is 0 Å². The van der Waals surface area contributed by atoms with Crippen molar-refractivity contribution in [3.05, 3.63) is 11.1 Å². The van der Waals surface area contributed by atoms with Crippen molar-refractivity contribution in [1.82, 2.24) is 10.3 Å². The molecular formula is C16H29N3S. The second kappa shape index (κ2) is 6.44. The summed E-state index contributed by atoms with van der Waals surface area (Å²) in [5.74, 6) is 0.783. The quantitative estimate of drug-likeness (QED) is 0.887. The summed E-state index contributed by atoms with van der Waals surface area (Å²) in [6, 6.07) is 0.419. The van der Waals surface area contributed by atoms with Crippen LogP contribution in [0.15, 0.2) is 6.20 Å². The van der Waals surface area contributed by atoms with E-state index in [1.807, 2.05) is 11.3 Å². The summed E-state index contributed by atoms with van der Waals surface area (Å²) in [6.07, 6.45) is 4.52. The highest BCUT2D eigenvalue weighted by Gasteiger charge is 2.32. The fourth-order valence-electron chi connectivity index (χ4n) is 2.73. The molecule has 20 heavy (non-hydrogen) atoms. The first-order valence-electron chi connectivity index (χ1n) is 7.86. The number of anilines is 1. The van der Waals surface area contributed by atoms with Crippen molar-refractivity contribution < 1.29 is 0 Å². The maximum absolute atomic E-state index is 4.65. The Hall–Kier alpha value is -0.610. The molecule has 0 saturated carbocycles. The summed E-state index contributed by atoms with van der Waals surface area (Å²) in [7, 11) is 0. The maximum atomic E-state index is 4.65. The molecule has 1 N–H and O–H groups in total. The Kier molecular flexibility index (Phi) is 5.08. The van der Waals surface area contributed by atoms with Crippen molar-refractivity contribution in [3.63, 3.8) is 0 Å². The lowest BCUT2D eigenvalue weighted by Crippen LogP contribution is -2.25. The predicted molar refractivity (Wildman–Crippen MR) is 88.6 cm³/mol. The van der Waals surface area contributed by atoms with Gasteiger partial charge in [-0.1, -0.05) is 27.7 Å². The van der Waals surface area contributed by atoms with Gasteiger partial charge in [0.2, 0.25) is 0 Å². The number of aromatic nitrogens is 1. The van der Waals surface area contributed by atoms with Crippen LogP contribution < -0.4 is 10.2 Å². The summed E-state index contributed by atoms with van der Waals surface area (Å²) in [6.45, 7) is 14.9. The summed E-state index contributed by atoms with van der Waals surface area (Å²) in [4.78, 5) is 8.47. The topological polar surface area (TPSA) is 28.2 Å². The zero-order chi connectivity index (χ0) is 14.8. The standard InChI is InChI=1S/C16H29N3S/c1-6-8-17-12(2)14-10-18-15(20-14)19-9-7-13(11-19)16(3,4)5/h10,12-13,17H,6-9,11H2,1-5H3. The number of nitrogens with one attached hydrogen (secondary N) is 1. The van der Waals surface area contributed by atoms with Gasteiger partial charge in [0, 0.05) is 30.2 Å². The third kappa shape index (κ3) is 3.73. The second-order valence-corrected chi connectivity index (χ2v) is 8.06. The number of thiazole rings is 1. The minimum atomic E-state index is 0.408. The van der Waals surface area contributed by atoms with Crippen LogP contribution in [0.3, 0.4) is 0 Å². The van der Waals surface area contributed by atoms with E-state index < -0.39 is 0 Å². The van der Waals surface area contributed by atoms with Crippen LogP contribution in [0.5, 0.6) is 0 Å². The van der Waals surface area contributed by atoms with E-state index in [9.17, 15) is 0 Å². The van der Waals surface area contributed by atoms with Crippen molar-refractivity contribution in [3.8, 4) is 0 Å². The fourth-order valence-corrected chi connectivity index (χ4v) is 3.70. The Morgan fingerprint density at radius 3 is 2.85 bits per heavy atom. The largest absolute Gasteiger partial charge is 0.348 e. The van der Waals surface area contributed by atoms with Gasteiger partial charge >= 0.3 is 0 Å². The van der Waals surface area contributed by atoms with Crippen LogP contribution in [-0.4, -0.2) is 24.6 Å². The molecule has 0 radical (unpaired) electrons. The Bertz CT molecular complexity index is 422. The van der Waals surface area contributed by atoms with Gasteiger partial charge in [0.15, 0.2) is 5.13 Å². The molecular weight excluding hydrogens is 266 g/mol. The van der Waals surface area contributed by atoms with Crippen LogP contribution in [0.1, 0.15) is 58.4 Å². The van der Waals surface area contributed by atoms with E-state index in [1.165, 1.54) is 22.9 Å². The molecule has 3 nitrogen and oxygen atoms in total. The van der Waals surface area contributed by atoms with Gasteiger partial charge in [-0.25, -0.2) is 4.98 Å². The van der Waals surface area contributed by atoms with Gasteiger partial charge in [0.05, 0.1) is 0 Å². The number of hydrogen-bond acceptors (Lipinski definition) is 4. The van der Waals surface area contributed by atoms with Crippen molar-refractivity contribution in [1.29, 1.82) is 0 Å². The zero-order valence-electron chi connectivity index (χ0n) is 13.6. The normalized spacial score (nSPS) is 21.4. The van der Waals surface area contributed by atoms with Crippen LogP contribution in [0.2, 0.25) is 0 Å². The minimum absolute atomic E-state index is 0.408. The number of nitrogens with zero attached hydrogens (tertiary/aromatic N) is 2. The van der Waals surface area contributed by atoms with Gasteiger partial charge in [0.25, 0.3) is 0 Å². The molecule has 1 aromatic heterocycles. The van der Waals surface area contributed by atoms with Crippen molar-refractivity contribution in [2.24, 2.45) is 11.3 Å². The van der Waals surface area contributed by atoms with E-state index in [4.69, 9.17) is 0 Å². The molecule has 0 aromatic carbocycles. The smallest absolute Gasteiger partial charge is 0.185 e. The van der Waals surface area contributed by atoms with E-state index in [0.29, 0.717) is 11.5 Å². The molecule has 2 atom stereocenters. The summed E-state index contributed by atoms with van der Waals surface area (Å²) < 4.78 is 0. The lowest BCUT2D eigenvalue weighted by atomic mass is 9.80. The Morgan fingerprint density at radius 2 is 2.25 bits per heavy atom. The monoisotopic (exact) mass is 295 g/mol. The average molecular weight is 295 g/mol. The van der Waals surface area contributed by atoms with Crippen LogP contribution in [-0.2, 0) is 0 Å². The Morgan fingerprint density at radius 1 is 1.50 bits per heavy atom. The second-order valence-electron chi connectivity index (χ2n) is 7.02. The number of hydrogen-bond donors (Lipinski definition) is 1. The highest BCUT2D eigenvalue weighted by atomic mass is 32.1. The number of rotatable bonds is 5. The lowest BCUT2D eigenvalue weighted by molar-refractivity contribution is 0.263. The molecule has 2 rings (SSSR count). The van der Waals surface area contributed by atoms with Gasteiger partial charge in [-0.2, -0.15) is 0 Å². The summed E-state index contributed by atoms with van der Waals surface area (Å²) >= 11 is 1.85. The highest BCUT2D eigenvalue weighted by Crippen LogP contribution is 2.37. The Labute approximate surface area is 127 Å². The van der Waals surface area contributed by atoms with E-state index >= 15 is 0 Å². The predicted octanol–water partition coefficient (Wildman–Crippen LogP) is 4.08. The van der Waals surface area contributed by atoms with Gasteiger partial charge in [-0.05, 0) is 37.6 Å². The summed E-state index contributed by atoms with van der Waals surface area (Å²) in [5, 5.41) is 4.74. The lowest BCUT2D eigenvalue weighted by Gasteiger charge is -2.26. The van der Waals surface area contributed by atoms with Crippen LogP contribution in [0.25, 0.3) is 0 Å². The molecule has 1 aliphatic rings. The van der Waals surface area contributed by atoms with Crippen molar-refractivity contribution >= 4 is 16.5 Å². The molecule has 0 amide bonds. The first kappa shape index (κ1) is 15.8. The molecule has 1 fully saturated rings. The molecule has 2 heterocycles. The average Bonchev–Trinajstić information content (AvgIpc) is 3.02. The molecule has 0 bridgehead atoms. The zero-order valence-corrected chi connectivity index (χ0v) is 14.4. The van der Waals surface area contributed by atoms with E-state index in [-0.39, 0.29) is 0 Å². The molecule has 4 heteroatoms. The van der Waals surface area contributed by atoms with E-state index in [0.717, 1.165) is 25.6 Å². The Balaban J connectivity index is 1.96. The molecule has 1 aliphatic heterocycles. The minimum Gasteiger partial charge on any atom is -0.348 e. The van der Waals surface area contributed by atoms with Crippen LogP contribution in [0.4, 0.5) is 5.13 Å². The fraction of sp³-hybridized carbons (Fsp3) is 0.812. The van der Waals surface area contributed by atoms with Crippen molar-refractivity contribution in [2.75, 3.05) is 24.5 Å². The highest BCUT2D eigenvalue weighted by molar-refractivity contribution is 7.15. The van der Waals surface area contributed by atoms with Crippen LogP contribution >= 0.6 is 11.3 Å². The summed E-state index contributed by atoms with van der Waals surface area (Å²) in [5.41, 5.74) is 0.408.